The van der Waals surface area contributed by atoms with Crippen molar-refractivity contribution in [3.8, 4) is 5.75 Å². The van der Waals surface area contributed by atoms with E-state index in [-0.39, 0.29) is 6.61 Å². The first-order valence-electron chi connectivity index (χ1n) is 10.7. The number of nitrogens with one attached hydrogen (secondary N) is 1. The minimum absolute atomic E-state index is 0.0542. The molecule has 168 valence electrons. The summed E-state index contributed by atoms with van der Waals surface area (Å²) in [6.07, 6.45) is 14.8. The molecule has 2 aromatic carbocycles. The quantitative estimate of drug-likeness (QED) is 0.232. The monoisotopic (exact) mass is 432 g/mol. The highest BCUT2D eigenvalue weighted by Crippen LogP contribution is 2.37. The number of carbonyl (C=O) groups is 1. The van der Waals surface area contributed by atoms with Gasteiger partial charge in [0, 0.05) is 18.7 Å². The number of primary amides is 1. The van der Waals surface area contributed by atoms with Gasteiger partial charge in [0.05, 0.1) is 12.2 Å². The maximum atomic E-state index is 12.6. The van der Waals surface area contributed by atoms with Gasteiger partial charge in [0.1, 0.15) is 12.4 Å². The van der Waals surface area contributed by atoms with E-state index in [4.69, 9.17) is 15.6 Å². The molecule has 0 fully saturated rings. The molecule has 0 aliphatic carbocycles. The van der Waals surface area contributed by atoms with Gasteiger partial charge in [-0.15, -0.1) is 13.2 Å². The summed E-state index contributed by atoms with van der Waals surface area (Å²) in [6, 6.07) is 9.71. The Morgan fingerprint density at radius 3 is 2.62 bits per heavy atom. The van der Waals surface area contributed by atoms with Crippen LogP contribution in [0, 0.1) is 0 Å². The van der Waals surface area contributed by atoms with E-state index in [1.165, 1.54) is 0 Å². The van der Waals surface area contributed by atoms with Gasteiger partial charge in [-0.25, -0.2) is 0 Å². The molecular formula is C27H32N2O3. The topological polar surface area (TPSA) is 84.6 Å². The van der Waals surface area contributed by atoms with Crippen LogP contribution in [0.1, 0.15) is 28.8 Å². The van der Waals surface area contributed by atoms with E-state index in [1.807, 2.05) is 66.8 Å². The van der Waals surface area contributed by atoms with Crippen molar-refractivity contribution in [3.63, 3.8) is 0 Å². The van der Waals surface area contributed by atoms with E-state index in [0.717, 1.165) is 28.3 Å². The highest BCUT2D eigenvalue weighted by atomic mass is 16.5. The van der Waals surface area contributed by atoms with Crippen LogP contribution < -0.4 is 15.8 Å². The smallest absolute Gasteiger partial charge is 0.253 e. The first-order chi connectivity index (χ1) is 15.6. The van der Waals surface area contributed by atoms with Crippen LogP contribution in [0.5, 0.6) is 5.75 Å². The zero-order valence-corrected chi connectivity index (χ0v) is 18.4. The summed E-state index contributed by atoms with van der Waals surface area (Å²) in [4.78, 5) is 12.6. The molecule has 32 heavy (non-hydrogen) atoms. The van der Waals surface area contributed by atoms with E-state index in [0.29, 0.717) is 37.4 Å². The van der Waals surface area contributed by atoms with Gasteiger partial charge >= 0.3 is 0 Å². The van der Waals surface area contributed by atoms with Crippen LogP contribution in [-0.4, -0.2) is 37.3 Å². The van der Waals surface area contributed by atoms with E-state index in [2.05, 4.69) is 18.5 Å². The van der Waals surface area contributed by atoms with Gasteiger partial charge in [-0.05, 0) is 35.3 Å². The molecule has 0 aliphatic heterocycles. The average Bonchev–Trinajstić information content (AvgIpc) is 2.79. The molecule has 0 saturated carbocycles. The van der Waals surface area contributed by atoms with Crippen molar-refractivity contribution in [3.05, 3.63) is 97.1 Å². The Morgan fingerprint density at radius 1 is 1.09 bits per heavy atom. The van der Waals surface area contributed by atoms with Crippen LogP contribution in [0.4, 0.5) is 0 Å². The number of carbonyl (C=O) groups excluding carboxylic acids is 1. The number of rotatable bonds is 14. The number of hydrogen-bond acceptors (Lipinski definition) is 4. The molecule has 0 unspecified atom stereocenters. The molecule has 1 amide bonds. The average molecular weight is 433 g/mol. The van der Waals surface area contributed by atoms with Crippen LogP contribution in [0.3, 0.4) is 0 Å². The summed E-state index contributed by atoms with van der Waals surface area (Å²) in [7, 11) is 0. The first kappa shape index (κ1) is 24.9. The van der Waals surface area contributed by atoms with Gasteiger partial charge in [-0.3, -0.25) is 4.79 Å². The minimum atomic E-state index is -0.547. The Hall–Kier alpha value is -3.41. The molecule has 2 aromatic rings. The highest BCUT2D eigenvalue weighted by molar-refractivity contribution is 6.09. The van der Waals surface area contributed by atoms with Gasteiger partial charge in [0.15, 0.2) is 0 Å². The summed E-state index contributed by atoms with van der Waals surface area (Å²) in [5.41, 5.74) is 7.88. The number of amides is 1. The number of nitrogens with two attached hydrogens (primary N) is 1. The van der Waals surface area contributed by atoms with Crippen LogP contribution >= 0.6 is 0 Å². The lowest BCUT2D eigenvalue weighted by molar-refractivity contribution is 0.0996. The predicted molar refractivity (Wildman–Crippen MR) is 134 cm³/mol. The fourth-order valence-corrected chi connectivity index (χ4v) is 3.35. The SMILES string of the molecule is C=CC/C=C/C=C/C=C(/CC=C)c1c(C(N)=O)c(OCCNCCO)cc2ccccc12. The molecule has 5 heteroatoms. The second-order valence-electron chi connectivity index (χ2n) is 7.05. The Morgan fingerprint density at radius 2 is 1.91 bits per heavy atom. The van der Waals surface area contributed by atoms with Gasteiger partial charge in [0.2, 0.25) is 0 Å². The second kappa shape index (κ2) is 13.8. The van der Waals surface area contributed by atoms with Crippen molar-refractivity contribution in [2.45, 2.75) is 12.8 Å². The maximum Gasteiger partial charge on any atom is 0.253 e. The molecule has 4 N–H and O–H groups in total. The molecule has 0 radical (unpaired) electrons. The number of ether oxygens (including phenoxy) is 1. The van der Waals surface area contributed by atoms with Gasteiger partial charge in [-0.2, -0.15) is 0 Å². The molecule has 0 aliphatic rings. The summed E-state index contributed by atoms with van der Waals surface area (Å²) in [5, 5.41) is 13.8. The summed E-state index contributed by atoms with van der Waals surface area (Å²) in [6.45, 7) is 9.00. The largest absolute Gasteiger partial charge is 0.491 e. The number of benzene rings is 2. The number of aliphatic hydroxyl groups is 1. The van der Waals surface area contributed by atoms with Crippen molar-refractivity contribution < 1.29 is 14.6 Å². The summed E-state index contributed by atoms with van der Waals surface area (Å²) >= 11 is 0. The lowest BCUT2D eigenvalue weighted by Crippen LogP contribution is -2.25. The van der Waals surface area contributed by atoms with E-state index in [1.54, 1.807) is 6.08 Å². The molecule has 0 aromatic heterocycles. The Balaban J connectivity index is 2.56. The molecular weight excluding hydrogens is 400 g/mol. The zero-order valence-electron chi connectivity index (χ0n) is 18.4. The van der Waals surface area contributed by atoms with E-state index in [9.17, 15) is 4.79 Å². The van der Waals surface area contributed by atoms with E-state index < -0.39 is 5.91 Å². The lowest BCUT2D eigenvalue weighted by atomic mass is 9.90. The highest BCUT2D eigenvalue weighted by Gasteiger charge is 2.21. The Labute approximate surface area is 190 Å². The maximum absolute atomic E-state index is 12.6. The fraction of sp³-hybridized carbons (Fsp3) is 0.222. The predicted octanol–water partition coefficient (Wildman–Crippen LogP) is 4.55. The van der Waals surface area contributed by atoms with Crippen molar-refractivity contribution in [2.24, 2.45) is 5.73 Å². The second-order valence-corrected chi connectivity index (χ2v) is 7.05. The molecule has 0 saturated heterocycles. The van der Waals surface area contributed by atoms with Crippen LogP contribution in [0.2, 0.25) is 0 Å². The third-order valence-corrected chi connectivity index (χ3v) is 4.73. The molecule has 0 bridgehead atoms. The standard InChI is InChI=1S/C27H32N2O3/c1-3-5-6-7-8-9-13-21(12-4-2)25-23-15-11-10-14-22(23)20-24(26(25)27(28)31)32-19-17-29-16-18-30/h3-4,6-11,13-15,20,29-30H,1-2,5,12,16-19H2,(H2,28,31)/b7-6+,9-8+,21-13-. The van der Waals surface area contributed by atoms with E-state index >= 15 is 0 Å². The third-order valence-electron chi connectivity index (χ3n) is 4.73. The first-order valence-corrected chi connectivity index (χ1v) is 10.7. The number of allylic oxidation sites excluding steroid dienone is 8. The molecule has 2 rings (SSSR count). The summed E-state index contributed by atoms with van der Waals surface area (Å²) in [5.74, 6) is -0.101. The van der Waals surface area contributed by atoms with Crippen LogP contribution in [-0.2, 0) is 0 Å². The molecule has 0 spiro atoms. The molecule has 0 heterocycles. The van der Waals surface area contributed by atoms with Crippen LogP contribution in [0.15, 0.2) is 86.0 Å². The van der Waals surface area contributed by atoms with Crippen molar-refractivity contribution in [1.82, 2.24) is 5.32 Å². The zero-order chi connectivity index (χ0) is 23.2. The van der Waals surface area contributed by atoms with Gasteiger partial charge in [0.25, 0.3) is 5.91 Å². The molecule has 0 atom stereocenters. The number of aliphatic hydroxyl groups excluding tert-OH is 1. The van der Waals surface area contributed by atoms with Crippen LogP contribution in [0.25, 0.3) is 16.3 Å². The molecule has 5 nitrogen and oxygen atoms in total. The normalized spacial score (nSPS) is 12.0. The lowest BCUT2D eigenvalue weighted by Gasteiger charge is -2.18. The Kier molecular flexibility index (Phi) is 10.7. The van der Waals surface area contributed by atoms with Crippen molar-refractivity contribution in [2.75, 3.05) is 26.3 Å². The Bertz CT molecular complexity index is 1020. The summed E-state index contributed by atoms with van der Waals surface area (Å²) < 4.78 is 5.96. The minimum Gasteiger partial charge on any atom is -0.491 e. The fourth-order valence-electron chi connectivity index (χ4n) is 3.35. The van der Waals surface area contributed by atoms with Crippen molar-refractivity contribution in [1.29, 1.82) is 0 Å². The number of fused-ring (bicyclic) bond motifs is 1. The third kappa shape index (κ3) is 7.08. The van der Waals surface area contributed by atoms with Crippen molar-refractivity contribution >= 4 is 22.3 Å². The van der Waals surface area contributed by atoms with Gasteiger partial charge in [-0.1, -0.05) is 66.8 Å². The number of hydrogen-bond donors (Lipinski definition) is 3. The van der Waals surface area contributed by atoms with Gasteiger partial charge < -0.3 is 20.9 Å².